The van der Waals surface area contributed by atoms with Crippen molar-refractivity contribution in [1.82, 2.24) is 24.7 Å². The molecule has 7 heteroatoms. The van der Waals surface area contributed by atoms with Crippen LogP contribution in [0.5, 0.6) is 0 Å². The normalized spacial score (nSPS) is 10.8. The van der Waals surface area contributed by atoms with Crippen molar-refractivity contribution in [1.29, 1.82) is 0 Å². The molecule has 3 aromatic rings. The third kappa shape index (κ3) is 2.60. The van der Waals surface area contributed by atoms with Gasteiger partial charge in [0.1, 0.15) is 11.3 Å². The van der Waals surface area contributed by atoms with Crippen LogP contribution in [0.3, 0.4) is 0 Å². The molecule has 2 N–H and O–H groups in total. The molecule has 0 radical (unpaired) electrons. The van der Waals surface area contributed by atoms with E-state index in [9.17, 15) is 9.59 Å². The molecule has 22 heavy (non-hydrogen) atoms. The minimum absolute atomic E-state index is 0.182. The minimum Gasteiger partial charge on any atom is -0.345 e. The van der Waals surface area contributed by atoms with Crippen molar-refractivity contribution in [2.75, 3.05) is 0 Å². The third-order valence-electron chi connectivity index (χ3n) is 3.32. The molecule has 0 aliphatic rings. The van der Waals surface area contributed by atoms with E-state index in [0.717, 1.165) is 11.2 Å². The summed E-state index contributed by atoms with van der Waals surface area (Å²) in [5.41, 5.74) is 3.16. The number of pyridine rings is 1. The van der Waals surface area contributed by atoms with Gasteiger partial charge in [0.25, 0.3) is 11.5 Å². The summed E-state index contributed by atoms with van der Waals surface area (Å²) in [6.07, 6.45) is 3.18. The first-order valence-electron chi connectivity index (χ1n) is 6.82. The molecule has 1 amide bonds. The number of carbonyl (C=O) groups is 1. The molecular weight excluding hydrogens is 282 g/mol. The Bertz CT molecular complexity index is 910. The Labute approximate surface area is 126 Å². The predicted molar refractivity (Wildman–Crippen MR) is 80.7 cm³/mol. The van der Waals surface area contributed by atoms with Crippen LogP contribution in [-0.2, 0) is 6.54 Å². The lowest BCUT2D eigenvalue weighted by Crippen LogP contribution is -2.26. The molecule has 0 saturated carbocycles. The van der Waals surface area contributed by atoms with Crippen LogP contribution in [0.4, 0.5) is 0 Å². The summed E-state index contributed by atoms with van der Waals surface area (Å²) in [6, 6.07) is 5.17. The van der Waals surface area contributed by atoms with Crippen molar-refractivity contribution < 1.29 is 4.79 Å². The van der Waals surface area contributed by atoms with Crippen LogP contribution in [0.1, 0.15) is 27.4 Å². The molecule has 0 atom stereocenters. The zero-order valence-corrected chi connectivity index (χ0v) is 12.3. The Morgan fingerprint density at radius 1 is 1.36 bits per heavy atom. The van der Waals surface area contributed by atoms with Gasteiger partial charge in [-0.25, -0.2) is 9.97 Å². The number of hydrogen-bond donors (Lipinski definition) is 2. The monoisotopic (exact) mass is 297 g/mol. The highest BCUT2D eigenvalue weighted by Crippen LogP contribution is 2.13. The molecular formula is C15H15N5O2. The van der Waals surface area contributed by atoms with E-state index in [1.54, 1.807) is 11.3 Å². The molecule has 0 unspecified atom stereocenters. The molecule has 7 nitrogen and oxygen atoms in total. The summed E-state index contributed by atoms with van der Waals surface area (Å²) in [4.78, 5) is 34.4. The lowest BCUT2D eigenvalue weighted by atomic mass is 10.3. The molecule has 3 heterocycles. The minimum atomic E-state index is -0.252. The van der Waals surface area contributed by atoms with Gasteiger partial charge >= 0.3 is 0 Å². The standard InChI is InChI=1S/C15H15N5O2/c1-9-3-4-12-19-10(2)14(20(12)7-9)15(22)16-6-11-5-13(21)18-8-17-11/h3-5,7-8H,6H2,1-2H3,(H,16,22)(H,17,18,21). The number of aryl methyl sites for hydroxylation is 2. The molecule has 3 rings (SSSR count). The van der Waals surface area contributed by atoms with Crippen LogP contribution in [0, 0.1) is 13.8 Å². The highest BCUT2D eigenvalue weighted by Gasteiger charge is 2.16. The van der Waals surface area contributed by atoms with Crippen molar-refractivity contribution in [2.45, 2.75) is 20.4 Å². The van der Waals surface area contributed by atoms with Crippen LogP contribution in [0.25, 0.3) is 5.65 Å². The highest BCUT2D eigenvalue weighted by molar-refractivity contribution is 5.94. The predicted octanol–water partition coefficient (Wildman–Crippen LogP) is 0.964. The largest absolute Gasteiger partial charge is 0.345 e. The lowest BCUT2D eigenvalue weighted by molar-refractivity contribution is 0.0944. The highest BCUT2D eigenvalue weighted by atomic mass is 16.2. The number of H-pyrrole nitrogens is 1. The molecule has 0 aliphatic heterocycles. The van der Waals surface area contributed by atoms with Crippen molar-refractivity contribution in [3.8, 4) is 0 Å². The first-order chi connectivity index (χ1) is 10.5. The fraction of sp³-hybridized carbons (Fsp3) is 0.200. The van der Waals surface area contributed by atoms with E-state index in [1.165, 1.54) is 12.4 Å². The lowest BCUT2D eigenvalue weighted by Gasteiger charge is -2.06. The zero-order valence-electron chi connectivity index (χ0n) is 12.3. The van der Waals surface area contributed by atoms with Gasteiger partial charge in [-0.2, -0.15) is 0 Å². The first-order valence-corrected chi connectivity index (χ1v) is 6.82. The maximum atomic E-state index is 12.4. The summed E-state index contributed by atoms with van der Waals surface area (Å²) in [5.74, 6) is -0.252. The van der Waals surface area contributed by atoms with Crippen LogP contribution in [0.15, 0.2) is 35.5 Å². The second kappa shape index (κ2) is 5.44. The summed E-state index contributed by atoms with van der Waals surface area (Å²) in [6.45, 7) is 3.93. The smallest absolute Gasteiger partial charge is 0.270 e. The molecule has 3 aromatic heterocycles. The average Bonchev–Trinajstić information content (AvgIpc) is 2.80. The number of carbonyl (C=O) groups excluding carboxylic acids is 1. The van der Waals surface area contributed by atoms with E-state index in [1.807, 2.05) is 25.3 Å². The Morgan fingerprint density at radius 2 is 2.18 bits per heavy atom. The fourth-order valence-electron chi connectivity index (χ4n) is 2.30. The number of amides is 1. The quantitative estimate of drug-likeness (QED) is 0.753. The summed E-state index contributed by atoms with van der Waals surface area (Å²) in [5, 5.41) is 2.77. The van der Waals surface area contributed by atoms with Crippen molar-refractivity contribution in [3.05, 3.63) is 63.7 Å². The Morgan fingerprint density at radius 3 is 2.95 bits per heavy atom. The number of aromatic nitrogens is 4. The summed E-state index contributed by atoms with van der Waals surface area (Å²) >= 11 is 0. The molecule has 0 spiro atoms. The van der Waals surface area contributed by atoms with Crippen LogP contribution in [-0.4, -0.2) is 25.3 Å². The number of fused-ring (bicyclic) bond motifs is 1. The molecule has 0 aromatic carbocycles. The number of nitrogens with one attached hydrogen (secondary N) is 2. The fourth-order valence-corrected chi connectivity index (χ4v) is 2.30. The number of rotatable bonds is 3. The second-order valence-electron chi connectivity index (χ2n) is 5.07. The van der Waals surface area contributed by atoms with Gasteiger partial charge in [-0.05, 0) is 25.5 Å². The number of aromatic amines is 1. The Balaban J connectivity index is 1.87. The van der Waals surface area contributed by atoms with Crippen LogP contribution >= 0.6 is 0 Å². The summed E-state index contributed by atoms with van der Waals surface area (Å²) < 4.78 is 1.77. The molecule has 0 fully saturated rings. The van der Waals surface area contributed by atoms with Crippen LogP contribution < -0.4 is 10.9 Å². The van der Waals surface area contributed by atoms with Crippen LogP contribution in [0.2, 0.25) is 0 Å². The second-order valence-corrected chi connectivity index (χ2v) is 5.07. The number of imidazole rings is 1. The van der Waals surface area contributed by atoms with Gasteiger partial charge in [0.05, 0.1) is 24.3 Å². The van der Waals surface area contributed by atoms with Crippen molar-refractivity contribution >= 4 is 11.6 Å². The maximum Gasteiger partial charge on any atom is 0.270 e. The third-order valence-corrected chi connectivity index (χ3v) is 3.32. The Kier molecular flexibility index (Phi) is 3.46. The number of nitrogens with zero attached hydrogens (tertiary/aromatic N) is 3. The zero-order chi connectivity index (χ0) is 15.7. The van der Waals surface area contributed by atoms with E-state index in [-0.39, 0.29) is 18.0 Å². The molecule has 0 aliphatic carbocycles. The van der Waals surface area contributed by atoms with Gasteiger partial charge in [-0.15, -0.1) is 0 Å². The van der Waals surface area contributed by atoms with E-state index in [0.29, 0.717) is 17.1 Å². The first kappa shape index (κ1) is 14.0. The van der Waals surface area contributed by atoms with Crippen molar-refractivity contribution in [2.24, 2.45) is 0 Å². The van der Waals surface area contributed by atoms with E-state index in [4.69, 9.17) is 0 Å². The van der Waals surface area contributed by atoms with Gasteiger partial charge in [-0.3, -0.25) is 14.0 Å². The van der Waals surface area contributed by atoms with E-state index < -0.39 is 0 Å². The molecule has 0 saturated heterocycles. The van der Waals surface area contributed by atoms with Gasteiger partial charge in [-0.1, -0.05) is 6.07 Å². The van der Waals surface area contributed by atoms with Gasteiger partial charge in [0.2, 0.25) is 0 Å². The van der Waals surface area contributed by atoms with E-state index >= 15 is 0 Å². The van der Waals surface area contributed by atoms with Gasteiger partial charge in [0, 0.05) is 12.3 Å². The Hall–Kier alpha value is -2.96. The topological polar surface area (TPSA) is 92.1 Å². The SMILES string of the molecule is Cc1ccc2nc(C)c(C(=O)NCc3cc(=O)[nH]cn3)n2c1. The maximum absolute atomic E-state index is 12.4. The average molecular weight is 297 g/mol. The molecule has 112 valence electrons. The summed E-state index contributed by atoms with van der Waals surface area (Å²) in [7, 11) is 0. The number of hydrogen-bond acceptors (Lipinski definition) is 4. The molecule has 0 bridgehead atoms. The van der Waals surface area contributed by atoms with Crippen molar-refractivity contribution in [3.63, 3.8) is 0 Å². The van der Waals surface area contributed by atoms with E-state index in [2.05, 4.69) is 20.3 Å². The van der Waals surface area contributed by atoms with Gasteiger partial charge < -0.3 is 10.3 Å². The van der Waals surface area contributed by atoms with Gasteiger partial charge in [0.15, 0.2) is 0 Å².